The number of pyridine rings is 1. The van der Waals surface area contributed by atoms with Crippen LogP contribution in [0.1, 0.15) is 49.7 Å². The maximum atomic E-state index is 12.9. The minimum atomic E-state index is -0.0256. The van der Waals surface area contributed by atoms with Crippen LogP contribution in [0.4, 0.5) is 0 Å². The molecule has 9 heteroatoms. The number of carbonyl (C=O) groups is 1. The molecule has 1 saturated carbocycles. The average Bonchev–Trinajstić information content (AvgIpc) is 3.34. The second-order valence-corrected chi connectivity index (χ2v) is 19.2. The molecule has 0 radical (unpaired) electrons. The summed E-state index contributed by atoms with van der Waals surface area (Å²) in [6.07, 6.45) is 15.3. The Morgan fingerprint density at radius 2 is 2.03 bits per heavy atom. The molecule has 0 bridgehead atoms. The summed E-state index contributed by atoms with van der Waals surface area (Å²) in [4.78, 5) is 17.2. The van der Waals surface area contributed by atoms with Gasteiger partial charge in [0.1, 0.15) is 0 Å². The maximum absolute atomic E-state index is 12.9. The van der Waals surface area contributed by atoms with Crippen molar-refractivity contribution in [3.8, 4) is 11.5 Å². The third-order valence-electron chi connectivity index (χ3n) is 7.67. The molecule has 4 heterocycles. The van der Waals surface area contributed by atoms with Crippen LogP contribution in [-0.4, -0.2) is 24.7 Å². The minimum absolute atomic E-state index is 0.0256. The first-order chi connectivity index (χ1) is 19.1. The Bertz CT molecular complexity index is 1350. The molecule has 1 aliphatic carbocycles. The van der Waals surface area contributed by atoms with Crippen LogP contribution in [-0.2, 0) is 17.8 Å². The van der Waals surface area contributed by atoms with Crippen molar-refractivity contribution in [2.24, 2.45) is 11.8 Å². The fourth-order valence-corrected chi connectivity index (χ4v) is 17.6. The SMILES string of the molecule is O=C(Cc1ccc2c(c1)OCO2)CC1CCC(C2=CCC3=C(Br)C=I[I-]N3C(NCc3cccnc3)=C2)CC1. The number of ketones is 1. The number of benzene rings is 1. The van der Waals surface area contributed by atoms with Crippen molar-refractivity contribution in [1.82, 2.24) is 13.4 Å². The van der Waals surface area contributed by atoms with E-state index < -0.39 is 0 Å². The van der Waals surface area contributed by atoms with E-state index >= 15 is 0 Å². The fraction of sp³-hybridized carbons (Fsp3) is 0.367. The van der Waals surface area contributed by atoms with E-state index in [1.165, 1.54) is 27.1 Å². The van der Waals surface area contributed by atoms with E-state index in [0.717, 1.165) is 55.7 Å². The summed E-state index contributed by atoms with van der Waals surface area (Å²) in [5.74, 6) is 4.12. The van der Waals surface area contributed by atoms with Crippen LogP contribution in [0.25, 0.3) is 0 Å². The number of hydrogen-bond donors (Lipinski definition) is 1. The molecule has 4 aliphatic rings. The number of aromatic nitrogens is 1. The molecule has 6 nitrogen and oxygen atoms in total. The van der Waals surface area contributed by atoms with E-state index in [1.807, 2.05) is 36.7 Å². The van der Waals surface area contributed by atoms with Gasteiger partial charge in [-0.15, -0.1) is 0 Å². The predicted octanol–water partition coefficient (Wildman–Crippen LogP) is 3.69. The molecule has 0 amide bonds. The van der Waals surface area contributed by atoms with Gasteiger partial charge in [0.25, 0.3) is 0 Å². The molecule has 1 fully saturated rings. The van der Waals surface area contributed by atoms with Gasteiger partial charge in [-0.2, -0.15) is 0 Å². The summed E-state index contributed by atoms with van der Waals surface area (Å²) in [7, 11) is 0. The van der Waals surface area contributed by atoms with Crippen LogP contribution in [0.15, 0.2) is 76.5 Å². The van der Waals surface area contributed by atoms with Crippen molar-refractivity contribution >= 4 is 42.5 Å². The van der Waals surface area contributed by atoms with Crippen LogP contribution in [0, 0.1) is 11.8 Å². The zero-order valence-corrected chi connectivity index (χ0v) is 27.4. The Labute approximate surface area is 254 Å². The summed E-state index contributed by atoms with van der Waals surface area (Å²) < 4.78 is 17.2. The molecule has 1 N–H and O–H groups in total. The van der Waals surface area contributed by atoms with Gasteiger partial charge in [0.15, 0.2) is 11.5 Å². The molecule has 0 atom stereocenters. The van der Waals surface area contributed by atoms with E-state index in [1.54, 1.807) is 0 Å². The molecule has 3 aliphatic heterocycles. The molecule has 39 heavy (non-hydrogen) atoms. The summed E-state index contributed by atoms with van der Waals surface area (Å²) in [6.45, 7) is 1.04. The van der Waals surface area contributed by atoms with E-state index in [4.69, 9.17) is 9.47 Å². The van der Waals surface area contributed by atoms with Gasteiger partial charge < -0.3 is 9.47 Å². The molecular weight excluding hydrogens is 784 g/mol. The van der Waals surface area contributed by atoms with Gasteiger partial charge in [-0.1, -0.05) is 6.07 Å². The quantitative estimate of drug-likeness (QED) is 0.325. The number of fused-ring (bicyclic) bond motifs is 2. The zero-order valence-electron chi connectivity index (χ0n) is 21.5. The summed E-state index contributed by atoms with van der Waals surface area (Å²) in [5.41, 5.74) is 5.06. The number of rotatable bonds is 8. The second kappa shape index (κ2) is 12.8. The number of halogens is 3. The van der Waals surface area contributed by atoms with Gasteiger partial charge in [0.2, 0.25) is 6.79 Å². The van der Waals surface area contributed by atoms with Crippen LogP contribution < -0.4 is 32.3 Å². The topological polar surface area (TPSA) is 63.7 Å². The van der Waals surface area contributed by atoms with Crippen LogP contribution in [0.5, 0.6) is 11.5 Å². The first-order valence-electron chi connectivity index (χ1n) is 13.4. The number of Topliss-reactive ketones (excluding diaryl/α,β-unsaturated/α-hetero) is 1. The molecule has 1 aromatic heterocycles. The number of ether oxygens (including phenoxy) is 2. The number of carbonyl (C=O) groups excluding carboxylic acids is 1. The van der Waals surface area contributed by atoms with E-state index in [9.17, 15) is 4.79 Å². The third kappa shape index (κ3) is 6.78. The van der Waals surface area contributed by atoms with Crippen molar-refractivity contribution in [1.29, 1.82) is 0 Å². The molecule has 2 aromatic rings. The Morgan fingerprint density at radius 1 is 1.15 bits per heavy atom. The Hall–Kier alpha value is -1.73. The Balaban J connectivity index is 1.08. The summed E-state index contributed by atoms with van der Waals surface area (Å²) in [5, 5.41) is 3.76. The average molecular weight is 815 g/mol. The Kier molecular flexibility index (Phi) is 9.04. The van der Waals surface area contributed by atoms with Gasteiger partial charge in [-0.3, -0.25) is 0 Å². The molecule has 6 rings (SSSR count). The molecular formula is C30H31BrI2N3O3-. The zero-order chi connectivity index (χ0) is 26.6. The van der Waals surface area contributed by atoms with Crippen LogP contribution in [0.2, 0.25) is 0 Å². The number of nitrogens with one attached hydrogen (secondary N) is 1. The first kappa shape index (κ1) is 27.4. The van der Waals surface area contributed by atoms with Gasteiger partial charge in [-0.05, 0) is 12.1 Å². The number of hydrogen-bond acceptors (Lipinski definition) is 6. The van der Waals surface area contributed by atoms with Gasteiger partial charge >= 0.3 is 211 Å². The van der Waals surface area contributed by atoms with Gasteiger partial charge in [0.05, 0.1) is 0 Å². The monoisotopic (exact) mass is 814 g/mol. The first-order valence-corrected chi connectivity index (χ1v) is 22.7. The normalized spacial score (nSPS) is 22.5. The third-order valence-corrected chi connectivity index (χ3v) is 17.2. The summed E-state index contributed by atoms with van der Waals surface area (Å²) >= 11 is 3.94. The van der Waals surface area contributed by atoms with Crippen LogP contribution in [0.3, 0.4) is 0 Å². The van der Waals surface area contributed by atoms with Crippen molar-refractivity contribution < 1.29 is 31.8 Å². The summed E-state index contributed by atoms with van der Waals surface area (Å²) in [6, 6.07) is 9.97. The van der Waals surface area contributed by atoms with E-state index in [-0.39, 0.29) is 41.1 Å². The molecule has 206 valence electrons. The number of allylic oxidation sites excluding steroid dienone is 4. The predicted molar refractivity (Wildman–Crippen MR) is 161 cm³/mol. The van der Waals surface area contributed by atoms with E-state index in [2.05, 4.69) is 51.6 Å². The standard InChI is InChI=1S/C30H31BrI2N3O3/c31-26-16-32-33-36-27(26)9-8-24(15-30(36)35-18-22-2-1-11-34-17-22)23-6-3-20(4-7-23)12-25(37)13-21-5-10-28-29(14-21)39-19-38-28/h1-2,5,8,10-11,14-17,20,23,35H,3-4,6-7,9,12-13,18-19H2/q-1. The number of nitrogens with zero attached hydrogens (tertiary/aromatic N) is 2. The van der Waals surface area contributed by atoms with Crippen molar-refractivity contribution in [2.45, 2.75) is 51.5 Å². The van der Waals surface area contributed by atoms with Crippen molar-refractivity contribution in [3.63, 3.8) is 0 Å². The molecule has 0 unspecified atom stereocenters. The Morgan fingerprint density at radius 3 is 2.87 bits per heavy atom. The molecule has 1 aromatic carbocycles. The van der Waals surface area contributed by atoms with Crippen molar-refractivity contribution in [2.75, 3.05) is 6.79 Å². The van der Waals surface area contributed by atoms with E-state index in [0.29, 0.717) is 30.5 Å². The fourth-order valence-electron chi connectivity index (χ4n) is 5.61. The molecule has 0 spiro atoms. The molecule has 0 saturated heterocycles. The van der Waals surface area contributed by atoms with Gasteiger partial charge in [0, 0.05) is 0 Å². The van der Waals surface area contributed by atoms with Crippen molar-refractivity contribution in [3.05, 3.63) is 87.6 Å². The van der Waals surface area contributed by atoms with Crippen LogP contribution >= 0.6 is 32.7 Å². The van der Waals surface area contributed by atoms with Gasteiger partial charge in [-0.25, -0.2) is 0 Å². The second-order valence-electron chi connectivity index (χ2n) is 10.3.